The van der Waals surface area contributed by atoms with E-state index in [9.17, 15) is 14.7 Å². The normalized spacial score (nSPS) is 17.0. The molecule has 2 atom stereocenters. The van der Waals surface area contributed by atoms with Crippen LogP contribution in [-0.2, 0) is 27.9 Å². The number of benzene rings is 2. The van der Waals surface area contributed by atoms with Crippen LogP contribution in [0.25, 0.3) is 11.0 Å². The van der Waals surface area contributed by atoms with Gasteiger partial charge in [0, 0.05) is 23.6 Å². The molecule has 0 spiro atoms. The van der Waals surface area contributed by atoms with Crippen molar-refractivity contribution in [1.82, 2.24) is 9.55 Å². The highest BCUT2D eigenvalue weighted by molar-refractivity contribution is 5.95. The van der Waals surface area contributed by atoms with Crippen LogP contribution in [0.3, 0.4) is 0 Å². The number of anilines is 1. The fourth-order valence-electron chi connectivity index (χ4n) is 4.91. The molecule has 7 heteroatoms. The molecule has 1 amide bonds. The molecular formula is C26H31N3O4. The van der Waals surface area contributed by atoms with Crippen LogP contribution in [0.4, 0.5) is 10.5 Å². The summed E-state index contributed by atoms with van der Waals surface area (Å²) >= 11 is 0. The lowest BCUT2D eigenvalue weighted by molar-refractivity contribution is -0.138. The van der Waals surface area contributed by atoms with Gasteiger partial charge in [0.15, 0.2) is 0 Å². The molecule has 0 aliphatic carbocycles. The molecule has 0 saturated heterocycles. The Bertz CT molecular complexity index is 1190. The predicted octanol–water partition coefficient (Wildman–Crippen LogP) is 5.11. The molecule has 3 aromatic rings. The van der Waals surface area contributed by atoms with E-state index in [1.165, 1.54) is 7.11 Å². The maximum Gasteiger partial charge on any atom is 0.414 e. The summed E-state index contributed by atoms with van der Waals surface area (Å²) in [5.41, 5.74) is 4.05. The second-order valence-electron chi connectivity index (χ2n) is 9.70. The number of aromatic nitrogens is 2. The van der Waals surface area contributed by atoms with E-state index in [0.717, 1.165) is 46.5 Å². The van der Waals surface area contributed by atoms with E-state index in [1.807, 2.05) is 49.4 Å². The Labute approximate surface area is 194 Å². The molecule has 0 bridgehead atoms. The van der Waals surface area contributed by atoms with E-state index in [-0.39, 0.29) is 24.1 Å². The number of ether oxygens (including phenoxy) is 1. The number of nitrogens with zero attached hydrogens (tertiary/aromatic N) is 3. The molecule has 1 aromatic heterocycles. The fraction of sp³-hybridized carbons (Fsp3) is 0.423. The molecule has 2 heterocycles. The summed E-state index contributed by atoms with van der Waals surface area (Å²) in [4.78, 5) is 31.4. The minimum atomic E-state index is -0.874. The molecule has 0 fully saturated rings. The molecule has 33 heavy (non-hydrogen) atoms. The Morgan fingerprint density at radius 1 is 1.18 bits per heavy atom. The number of methoxy groups -OCH3 is 1. The molecular weight excluding hydrogens is 418 g/mol. The minimum Gasteiger partial charge on any atom is -0.481 e. The number of hydrogen-bond acceptors (Lipinski definition) is 4. The number of carboxylic acids is 1. The zero-order valence-corrected chi connectivity index (χ0v) is 19.8. The van der Waals surface area contributed by atoms with Gasteiger partial charge < -0.3 is 14.4 Å². The van der Waals surface area contributed by atoms with Gasteiger partial charge in [-0.1, -0.05) is 30.3 Å². The zero-order valence-electron chi connectivity index (χ0n) is 19.8. The molecule has 7 nitrogen and oxygen atoms in total. The van der Waals surface area contributed by atoms with E-state index in [4.69, 9.17) is 9.72 Å². The Morgan fingerprint density at radius 3 is 2.48 bits per heavy atom. The van der Waals surface area contributed by atoms with Gasteiger partial charge in [0.1, 0.15) is 5.82 Å². The van der Waals surface area contributed by atoms with Crippen LogP contribution in [0.5, 0.6) is 0 Å². The summed E-state index contributed by atoms with van der Waals surface area (Å²) in [6, 6.07) is 13.3. The van der Waals surface area contributed by atoms with Crippen molar-refractivity contribution in [2.45, 2.75) is 64.5 Å². The average Bonchev–Trinajstić information content (AvgIpc) is 3.16. The van der Waals surface area contributed by atoms with Crippen molar-refractivity contribution in [3.63, 3.8) is 0 Å². The van der Waals surface area contributed by atoms with Crippen LogP contribution in [0.1, 0.15) is 57.0 Å². The maximum absolute atomic E-state index is 12.5. The first-order valence-corrected chi connectivity index (χ1v) is 11.3. The number of amides is 1. The van der Waals surface area contributed by atoms with E-state index in [0.29, 0.717) is 0 Å². The number of rotatable bonds is 4. The third-order valence-electron chi connectivity index (χ3n) is 6.42. The Balaban J connectivity index is 1.89. The third kappa shape index (κ3) is 4.08. The molecule has 0 saturated carbocycles. The number of imidazole rings is 1. The highest BCUT2D eigenvalue weighted by Crippen LogP contribution is 2.38. The van der Waals surface area contributed by atoms with E-state index in [1.54, 1.807) is 4.90 Å². The van der Waals surface area contributed by atoms with Crippen molar-refractivity contribution in [1.29, 1.82) is 0 Å². The lowest BCUT2D eigenvalue weighted by Crippen LogP contribution is -2.42. The van der Waals surface area contributed by atoms with E-state index in [2.05, 4.69) is 25.3 Å². The first-order chi connectivity index (χ1) is 15.6. The standard InChI is InChI=1S/C26H31N3O4/c1-16-11-12-18-20(28(16)25(32)33-5)13-14-21-23(18)27-22(29(21)26(2,3)4)15-19(24(30)31)17-9-7-6-8-10-17/h6-10,13-14,16,19H,11-12,15H2,1-5H3,(H,30,31)/t16-,19?/m0/s1. The third-order valence-corrected chi connectivity index (χ3v) is 6.42. The Kier molecular flexibility index (Phi) is 5.91. The fourth-order valence-corrected chi connectivity index (χ4v) is 4.91. The molecule has 174 valence electrons. The van der Waals surface area contributed by atoms with Crippen molar-refractivity contribution in [3.8, 4) is 0 Å². The second kappa shape index (κ2) is 8.54. The van der Waals surface area contributed by atoms with Gasteiger partial charge in [0.25, 0.3) is 0 Å². The first kappa shape index (κ1) is 22.8. The minimum absolute atomic E-state index is 0.0287. The molecule has 4 rings (SSSR count). The van der Waals surface area contributed by atoms with Gasteiger partial charge in [-0.05, 0) is 58.2 Å². The summed E-state index contributed by atoms with van der Waals surface area (Å²) in [7, 11) is 1.39. The summed E-state index contributed by atoms with van der Waals surface area (Å²) in [6.45, 7) is 8.30. The first-order valence-electron chi connectivity index (χ1n) is 11.3. The number of carbonyl (C=O) groups is 2. The van der Waals surface area contributed by atoms with Crippen LogP contribution in [0.2, 0.25) is 0 Å². The summed E-state index contributed by atoms with van der Waals surface area (Å²) < 4.78 is 7.18. The Hall–Kier alpha value is -3.35. The van der Waals surface area contributed by atoms with Gasteiger partial charge in [-0.15, -0.1) is 0 Å². The zero-order chi connectivity index (χ0) is 23.9. The van der Waals surface area contributed by atoms with Crippen LogP contribution >= 0.6 is 0 Å². The number of aryl methyl sites for hydroxylation is 1. The topological polar surface area (TPSA) is 84.7 Å². The predicted molar refractivity (Wildman–Crippen MR) is 128 cm³/mol. The molecule has 1 aliphatic rings. The van der Waals surface area contributed by atoms with Crippen molar-refractivity contribution in [3.05, 3.63) is 59.4 Å². The lowest BCUT2D eigenvalue weighted by atomic mass is 9.95. The van der Waals surface area contributed by atoms with E-state index >= 15 is 0 Å². The summed E-state index contributed by atoms with van der Waals surface area (Å²) in [5, 5.41) is 10.0. The second-order valence-corrected chi connectivity index (χ2v) is 9.70. The lowest BCUT2D eigenvalue weighted by Gasteiger charge is -2.34. The molecule has 2 aromatic carbocycles. The van der Waals surface area contributed by atoms with Gasteiger partial charge in [0.05, 0.1) is 29.7 Å². The highest BCUT2D eigenvalue weighted by atomic mass is 16.5. The SMILES string of the molecule is COC(=O)N1c2ccc3c(nc(CC(C(=O)O)c4ccccc4)n3C(C)(C)C)c2CC[C@@H]1C. The van der Waals surface area contributed by atoms with Gasteiger partial charge in [-0.25, -0.2) is 9.78 Å². The number of fused-ring (bicyclic) bond motifs is 3. The van der Waals surface area contributed by atoms with Crippen molar-refractivity contribution < 1.29 is 19.4 Å². The quantitative estimate of drug-likeness (QED) is 0.598. The monoisotopic (exact) mass is 449 g/mol. The number of carbonyl (C=O) groups excluding carboxylic acids is 1. The number of hydrogen-bond donors (Lipinski definition) is 1. The number of carboxylic acid groups (broad SMARTS) is 1. The molecule has 1 aliphatic heterocycles. The Morgan fingerprint density at radius 2 is 1.88 bits per heavy atom. The van der Waals surface area contributed by atoms with Crippen molar-refractivity contribution in [2.24, 2.45) is 0 Å². The van der Waals surface area contributed by atoms with Gasteiger partial charge >= 0.3 is 12.1 Å². The summed E-state index contributed by atoms with van der Waals surface area (Å²) in [5.74, 6) is -0.849. The summed E-state index contributed by atoms with van der Waals surface area (Å²) in [6.07, 6.45) is 1.49. The molecule has 1 N–H and O–H groups in total. The maximum atomic E-state index is 12.5. The van der Waals surface area contributed by atoms with Gasteiger partial charge in [-0.2, -0.15) is 0 Å². The van der Waals surface area contributed by atoms with Gasteiger partial charge in [0.2, 0.25) is 0 Å². The van der Waals surface area contributed by atoms with Crippen molar-refractivity contribution >= 4 is 28.8 Å². The largest absolute Gasteiger partial charge is 0.481 e. The van der Waals surface area contributed by atoms with Crippen LogP contribution in [0, 0.1) is 0 Å². The highest BCUT2D eigenvalue weighted by Gasteiger charge is 2.33. The van der Waals surface area contributed by atoms with E-state index < -0.39 is 11.9 Å². The van der Waals surface area contributed by atoms with Gasteiger partial charge in [-0.3, -0.25) is 9.69 Å². The van der Waals surface area contributed by atoms with Crippen LogP contribution in [-0.4, -0.2) is 39.9 Å². The van der Waals surface area contributed by atoms with Crippen molar-refractivity contribution in [2.75, 3.05) is 12.0 Å². The molecule has 0 radical (unpaired) electrons. The smallest absolute Gasteiger partial charge is 0.414 e. The van der Waals surface area contributed by atoms with Crippen LogP contribution in [0.15, 0.2) is 42.5 Å². The number of aliphatic carboxylic acids is 1. The van der Waals surface area contributed by atoms with Crippen LogP contribution < -0.4 is 4.90 Å². The molecule has 1 unspecified atom stereocenters. The average molecular weight is 450 g/mol.